The molecule has 0 radical (unpaired) electrons. The third kappa shape index (κ3) is 6.47. The zero-order valence-electron chi connectivity index (χ0n) is 14.7. The van der Waals surface area contributed by atoms with Crippen LogP contribution in [0.25, 0.3) is 0 Å². The van der Waals surface area contributed by atoms with Crippen molar-refractivity contribution in [1.29, 1.82) is 0 Å². The summed E-state index contributed by atoms with van der Waals surface area (Å²) in [6, 6.07) is 0. The molecule has 7 heteroatoms. The van der Waals surface area contributed by atoms with Crippen molar-refractivity contribution >= 4 is 17.7 Å². The summed E-state index contributed by atoms with van der Waals surface area (Å²) < 4.78 is 0. The Bertz CT molecular complexity index is 441. The zero-order valence-corrected chi connectivity index (χ0v) is 14.7. The number of amides is 3. The lowest BCUT2D eigenvalue weighted by molar-refractivity contribution is -0.134. The summed E-state index contributed by atoms with van der Waals surface area (Å²) in [5.41, 5.74) is 0. The van der Waals surface area contributed by atoms with Crippen molar-refractivity contribution in [3.63, 3.8) is 0 Å². The first-order chi connectivity index (χ1) is 11.5. The summed E-state index contributed by atoms with van der Waals surface area (Å²) >= 11 is 0. The number of carbonyl (C=O) groups excluding carboxylic acids is 3. The summed E-state index contributed by atoms with van der Waals surface area (Å²) in [5.74, 6) is 0.736. The van der Waals surface area contributed by atoms with E-state index in [4.69, 9.17) is 0 Å². The van der Waals surface area contributed by atoms with E-state index >= 15 is 0 Å². The molecule has 2 aliphatic rings. The van der Waals surface area contributed by atoms with Gasteiger partial charge in [-0.3, -0.25) is 19.3 Å². The Morgan fingerprint density at radius 2 is 1.58 bits per heavy atom. The Hall–Kier alpha value is -1.63. The van der Waals surface area contributed by atoms with Crippen LogP contribution in [0, 0.1) is 5.92 Å². The number of hydrogen-bond acceptors (Lipinski definition) is 4. The molecule has 0 aromatic rings. The SMILES string of the molecule is CC(=O)NCCNC(=O)CN1CCN(C(=O)CC2CCCC2)CC1. The van der Waals surface area contributed by atoms with E-state index in [2.05, 4.69) is 15.5 Å². The Kier molecular flexibility index (Phi) is 7.49. The van der Waals surface area contributed by atoms with E-state index in [0.717, 1.165) is 13.1 Å². The van der Waals surface area contributed by atoms with Gasteiger partial charge in [-0.2, -0.15) is 0 Å². The second-order valence-corrected chi connectivity index (χ2v) is 6.84. The van der Waals surface area contributed by atoms with Gasteiger partial charge in [-0.25, -0.2) is 0 Å². The van der Waals surface area contributed by atoms with Crippen molar-refractivity contribution in [3.8, 4) is 0 Å². The summed E-state index contributed by atoms with van der Waals surface area (Å²) in [6.45, 7) is 5.61. The van der Waals surface area contributed by atoms with E-state index in [9.17, 15) is 14.4 Å². The third-order valence-corrected chi connectivity index (χ3v) is 4.85. The topological polar surface area (TPSA) is 81.8 Å². The monoisotopic (exact) mass is 338 g/mol. The van der Waals surface area contributed by atoms with Crippen molar-refractivity contribution in [1.82, 2.24) is 20.4 Å². The Balaban J connectivity index is 1.58. The molecule has 0 spiro atoms. The largest absolute Gasteiger partial charge is 0.355 e. The standard InChI is InChI=1S/C17H30N4O3/c1-14(22)18-6-7-19-16(23)13-20-8-10-21(11-9-20)17(24)12-15-4-2-3-5-15/h15H,2-13H2,1H3,(H,18,22)(H,19,23). The molecule has 1 heterocycles. The first kappa shape index (κ1) is 18.7. The molecule has 0 aromatic carbocycles. The van der Waals surface area contributed by atoms with Gasteiger partial charge >= 0.3 is 0 Å². The maximum atomic E-state index is 12.3. The molecule has 2 N–H and O–H groups in total. The van der Waals surface area contributed by atoms with Crippen LogP contribution < -0.4 is 10.6 Å². The molecule has 0 bridgehead atoms. The average Bonchev–Trinajstić information content (AvgIpc) is 3.05. The number of nitrogens with zero attached hydrogens (tertiary/aromatic N) is 2. The molecule has 1 saturated heterocycles. The Morgan fingerprint density at radius 1 is 0.958 bits per heavy atom. The van der Waals surface area contributed by atoms with Crippen LogP contribution in [0.3, 0.4) is 0 Å². The minimum Gasteiger partial charge on any atom is -0.355 e. The number of carbonyl (C=O) groups is 3. The first-order valence-corrected chi connectivity index (χ1v) is 9.06. The molecule has 0 aromatic heterocycles. The smallest absolute Gasteiger partial charge is 0.234 e. The van der Waals surface area contributed by atoms with E-state index in [1.54, 1.807) is 0 Å². The van der Waals surface area contributed by atoms with Crippen LogP contribution in [0.1, 0.15) is 39.0 Å². The number of rotatable bonds is 7. The molecule has 7 nitrogen and oxygen atoms in total. The minimum atomic E-state index is -0.0948. The van der Waals surface area contributed by atoms with Crippen LogP contribution in [0.4, 0.5) is 0 Å². The highest BCUT2D eigenvalue weighted by atomic mass is 16.2. The molecule has 2 fully saturated rings. The number of piperazine rings is 1. The van der Waals surface area contributed by atoms with Crippen LogP contribution in [-0.4, -0.2) is 73.3 Å². The third-order valence-electron chi connectivity index (χ3n) is 4.85. The summed E-state index contributed by atoms with van der Waals surface area (Å²) in [6.07, 6.45) is 5.63. The fourth-order valence-corrected chi connectivity index (χ4v) is 3.45. The van der Waals surface area contributed by atoms with Crippen molar-refractivity contribution in [3.05, 3.63) is 0 Å². The number of hydrogen-bond donors (Lipinski definition) is 2. The molecule has 1 aliphatic carbocycles. The van der Waals surface area contributed by atoms with Crippen molar-refractivity contribution < 1.29 is 14.4 Å². The number of nitrogens with one attached hydrogen (secondary N) is 2. The van der Waals surface area contributed by atoms with E-state index in [-0.39, 0.29) is 17.7 Å². The van der Waals surface area contributed by atoms with Gasteiger partial charge in [0.05, 0.1) is 6.54 Å². The summed E-state index contributed by atoms with van der Waals surface area (Å²) in [4.78, 5) is 38.9. The highest BCUT2D eigenvalue weighted by Gasteiger charge is 2.25. The fourth-order valence-electron chi connectivity index (χ4n) is 3.45. The summed E-state index contributed by atoms with van der Waals surface area (Å²) in [7, 11) is 0. The lowest BCUT2D eigenvalue weighted by Gasteiger charge is -2.34. The van der Waals surface area contributed by atoms with Gasteiger partial charge in [0.25, 0.3) is 0 Å². The Morgan fingerprint density at radius 3 is 2.21 bits per heavy atom. The van der Waals surface area contributed by atoms with Gasteiger partial charge in [-0.1, -0.05) is 12.8 Å². The van der Waals surface area contributed by atoms with Gasteiger partial charge in [0.2, 0.25) is 17.7 Å². The van der Waals surface area contributed by atoms with E-state index in [1.807, 2.05) is 4.90 Å². The Labute approximate surface area is 144 Å². The second-order valence-electron chi connectivity index (χ2n) is 6.84. The highest BCUT2D eigenvalue weighted by Crippen LogP contribution is 2.28. The molecule has 3 amide bonds. The van der Waals surface area contributed by atoms with E-state index in [0.29, 0.717) is 45.1 Å². The lowest BCUT2D eigenvalue weighted by atomic mass is 10.0. The van der Waals surface area contributed by atoms with E-state index < -0.39 is 0 Å². The lowest BCUT2D eigenvalue weighted by Crippen LogP contribution is -2.51. The molecule has 2 rings (SSSR count). The normalized spacial score (nSPS) is 19.3. The van der Waals surface area contributed by atoms with Gasteiger partial charge in [0.1, 0.15) is 0 Å². The molecule has 24 heavy (non-hydrogen) atoms. The predicted octanol–water partition coefficient (Wildman–Crippen LogP) is -0.0368. The molecule has 136 valence electrons. The molecular weight excluding hydrogens is 308 g/mol. The van der Waals surface area contributed by atoms with Gasteiger partial charge in [0, 0.05) is 52.6 Å². The van der Waals surface area contributed by atoms with Crippen LogP contribution in [0.15, 0.2) is 0 Å². The summed E-state index contributed by atoms with van der Waals surface area (Å²) in [5, 5.41) is 5.43. The maximum Gasteiger partial charge on any atom is 0.234 e. The van der Waals surface area contributed by atoms with Gasteiger partial charge in [-0.15, -0.1) is 0 Å². The first-order valence-electron chi connectivity index (χ1n) is 9.06. The van der Waals surface area contributed by atoms with Gasteiger partial charge in [0.15, 0.2) is 0 Å². The van der Waals surface area contributed by atoms with Gasteiger partial charge < -0.3 is 15.5 Å². The van der Waals surface area contributed by atoms with Gasteiger partial charge in [-0.05, 0) is 18.8 Å². The van der Waals surface area contributed by atoms with Crippen molar-refractivity contribution in [2.75, 3.05) is 45.8 Å². The fraction of sp³-hybridized carbons (Fsp3) is 0.824. The minimum absolute atomic E-state index is 0.0360. The van der Waals surface area contributed by atoms with E-state index in [1.165, 1.54) is 32.6 Å². The highest BCUT2D eigenvalue weighted by molar-refractivity contribution is 5.78. The van der Waals surface area contributed by atoms with Crippen LogP contribution >= 0.6 is 0 Å². The van der Waals surface area contributed by atoms with Crippen LogP contribution in [0.5, 0.6) is 0 Å². The second kappa shape index (κ2) is 9.61. The molecule has 1 aliphatic heterocycles. The van der Waals surface area contributed by atoms with Crippen LogP contribution in [0.2, 0.25) is 0 Å². The maximum absolute atomic E-state index is 12.3. The molecule has 0 atom stereocenters. The zero-order chi connectivity index (χ0) is 17.4. The molecular formula is C17H30N4O3. The average molecular weight is 338 g/mol. The van der Waals surface area contributed by atoms with Crippen molar-refractivity contribution in [2.45, 2.75) is 39.0 Å². The predicted molar refractivity (Wildman–Crippen MR) is 91.3 cm³/mol. The quantitative estimate of drug-likeness (QED) is 0.639. The molecule has 1 saturated carbocycles. The van der Waals surface area contributed by atoms with Crippen molar-refractivity contribution in [2.24, 2.45) is 5.92 Å². The van der Waals surface area contributed by atoms with Crippen LogP contribution in [-0.2, 0) is 14.4 Å². The molecule has 0 unspecified atom stereocenters.